The van der Waals surface area contributed by atoms with Crippen molar-refractivity contribution in [2.45, 2.75) is 39.5 Å². The van der Waals surface area contributed by atoms with Gasteiger partial charge in [-0.25, -0.2) is 9.59 Å². The third-order valence-corrected chi connectivity index (χ3v) is 4.24. The first kappa shape index (κ1) is 23.4. The standard InChI is InChI=1S/C18H29N3O.C2H2O4/c1-15(2)10-11-19-14-18(22)20-16-8-4-5-9-17(16)21-12-6-3-7-13-21;3-1(4)2(5)6/h4-5,8-9,15,19H,3,6-7,10-14H2,1-2H3,(H,20,22);(H,3,4)(H,5,6). The molecular weight excluding hydrogens is 362 g/mol. The number of nitrogens with zero attached hydrogens (tertiary/aromatic N) is 1. The molecule has 2 rings (SSSR count). The van der Waals surface area contributed by atoms with Gasteiger partial charge in [-0.2, -0.15) is 0 Å². The molecule has 1 aliphatic rings. The van der Waals surface area contributed by atoms with Crippen molar-refractivity contribution in [3.05, 3.63) is 24.3 Å². The van der Waals surface area contributed by atoms with Crippen LogP contribution in [0, 0.1) is 5.92 Å². The van der Waals surface area contributed by atoms with Crippen molar-refractivity contribution in [2.75, 3.05) is 36.4 Å². The summed E-state index contributed by atoms with van der Waals surface area (Å²) in [6.45, 7) is 7.81. The van der Waals surface area contributed by atoms with Gasteiger partial charge in [0.05, 0.1) is 17.9 Å². The Balaban J connectivity index is 0.000000568. The topological polar surface area (TPSA) is 119 Å². The number of rotatable bonds is 7. The lowest BCUT2D eigenvalue weighted by Crippen LogP contribution is -2.32. The molecule has 0 saturated carbocycles. The van der Waals surface area contributed by atoms with Crippen LogP contribution in [-0.4, -0.2) is 54.2 Å². The molecular formula is C20H31N3O5. The first-order valence-electron chi connectivity index (χ1n) is 9.62. The lowest BCUT2D eigenvalue weighted by molar-refractivity contribution is -0.159. The Kier molecular flexibility index (Phi) is 10.6. The fourth-order valence-corrected chi connectivity index (χ4v) is 2.78. The molecule has 0 spiro atoms. The molecule has 8 nitrogen and oxygen atoms in total. The van der Waals surface area contributed by atoms with E-state index in [1.165, 1.54) is 19.3 Å². The quantitative estimate of drug-likeness (QED) is 0.415. The van der Waals surface area contributed by atoms with Crippen LogP contribution in [0.4, 0.5) is 11.4 Å². The summed E-state index contributed by atoms with van der Waals surface area (Å²) in [6.07, 6.45) is 4.88. The number of piperidine rings is 1. The Morgan fingerprint density at radius 1 is 1.04 bits per heavy atom. The highest BCUT2D eigenvalue weighted by molar-refractivity contribution is 6.27. The molecule has 0 atom stereocenters. The summed E-state index contributed by atoms with van der Waals surface area (Å²) in [5.74, 6) is -2.95. The van der Waals surface area contributed by atoms with Crippen LogP contribution in [0.25, 0.3) is 0 Å². The maximum atomic E-state index is 12.1. The monoisotopic (exact) mass is 393 g/mol. The van der Waals surface area contributed by atoms with E-state index in [4.69, 9.17) is 19.8 Å². The van der Waals surface area contributed by atoms with Crippen LogP contribution in [-0.2, 0) is 14.4 Å². The van der Waals surface area contributed by atoms with Crippen molar-refractivity contribution >= 4 is 29.2 Å². The van der Waals surface area contributed by atoms with Crippen LogP contribution in [0.2, 0.25) is 0 Å². The molecule has 1 fully saturated rings. The van der Waals surface area contributed by atoms with Crippen LogP contribution in [0.3, 0.4) is 0 Å². The van der Waals surface area contributed by atoms with Gasteiger partial charge in [0.2, 0.25) is 5.91 Å². The van der Waals surface area contributed by atoms with Gasteiger partial charge in [0.25, 0.3) is 0 Å². The molecule has 0 aliphatic carbocycles. The highest BCUT2D eigenvalue weighted by Crippen LogP contribution is 2.28. The van der Waals surface area contributed by atoms with Crippen molar-refractivity contribution in [3.63, 3.8) is 0 Å². The molecule has 8 heteroatoms. The van der Waals surface area contributed by atoms with E-state index in [1.807, 2.05) is 18.2 Å². The molecule has 0 bridgehead atoms. The summed E-state index contributed by atoms with van der Waals surface area (Å²) >= 11 is 0. The molecule has 1 aromatic carbocycles. The number of carboxylic acids is 2. The number of carboxylic acid groups (broad SMARTS) is 2. The highest BCUT2D eigenvalue weighted by Gasteiger charge is 2.15. The van der Waals surface area contributed by atoms with E-state index in [1.54, 1.807) is 0 Å². The van der Waals surface area contributed by atoms with Gasteiger partial charge in [0.15, 0.2) is 0 Å². The Hall–Kier alpha value is -2.61. The van der Waals surface area contributed by atoms with E-state index in [0.29, 0.717) is 12.5 Å². The maximum absolute atomic E-state index is 12.1. The number of carbonyl (C=O) groups is 3. The van der Waals surface area contributed by atoms with E-state index in [0.717, 1.165) is 37.4 Å². The minimum absolute atomic E-state index is 0.0354. The summed E-state index contributed by atoms with van der Waals surface area (Å²) < 4.78 is 0. The summed E-state index contributed by atoms with van der Waals surface area (Å²) in [4.78, 5) is 32.7. The summed E-state index contributed by atoms with van der Waals surface area (Å²) in [7, 11) is 0. The molecule has 0 radical (unpaired) electrons. The van der Waals surface area contributed by atoms with Crippen molar-refractivity contribution in [1.82, 2.24) is 5.32 Å². The van der Waals surface area contributed by atoms with E-state index >= 15 is 0 Å². The van der Waals surface area contributed by atoms with Gasteiger partial charge >= 0.3 is 11.9 Å². The highest BCUT2D eigenvalue weighted by atomic mass is 16.4. The van der Waals surface area contributed by atoms with Gasteiger partial charge in [0, 0.05) is 13.1 Å². The van der Waals surface area contributed by atoms with Gasteiger partial charge in [-0.3, -0.25) is 4.79 Å². The number of benzene rings is 1. The molecule has 1 aromatic rings. The number of hydrogen-bond donors (Lipinski definition) is 4. The molecule has 1 aliphatic heterocycles. The number of amides is 1. The predicted molar refractivity (Wildman–Crippen MR) is 109 cm³/mol. The minimum Gasteiger partial charge on any atom is -0.473 e. The fourth-order valence-electron chi connectivity index (χ4n) is 2.78. The third-order valence-electron chi connectivity index (χ3n) is 4.24. The lowest BCUT2D eigenvalue weighted by Gasteiger charge is -2.30. The molecule has 1 amide bonds. The Bertz CT molecular complexity index is 630. The average Bonchev–Trinajstić information content (AvgIpc) is 2.66. The van der Waals surface area contributed by atoms with Crippen molar-refractivity contribution in [3.8, 4) is 0 Å². The van der Waals surface area contributed by atoms with Gasteiger partial charge in [-0.15, -0.1) is 0 Å². The predicted octanol–water partition coefficient (Wildman–Crippen LogP) is 2.41. The lowest BCUT2D eigenvalue weighted by atomic mass is 10.1. The fraction of sp³-hybridized carbons (Fsp3) is 0.550. The van der Waals surface area contributed by atoms with E-state index in [-0.39, 0.29) is 5.91 Å². The second-order valence-electron chi connectivity index (χ2n) is 7.08. The zero-order chi connectivity index (χ0) is 20.9. The second-order valence-corrected chi connectivity index (χ2v) is 7.08. The molecule has 4 N–H and O–H groups in total. The Morgan fingerprint density at radius 3 is 2.21 bits per heavy atom. The van der Waals surface area contributed by atoms with Gasteiger partial charge in [-0.1, -0.05) is 26.0 Å². The largest absolute Gasteiger partial charge is 0.473 e. The molecule has 0 aromatic heterocycles. The number of para-hydroxylation sites is 2. The molecule has 0 unspecified atom stereocenters. The zero-order valence-electron chi connectivity index (χ0n) is 16.6. The van der Waals surface area contributed by atoms with Gasteiger partial charge in [-0.05, 0) is 50.3 Å². The Labute approximate surface area is 165 Å². The van der Waals surface area contributed by atoms with Crippen molar-refractivity contribution < 1.29 is 24.6 Å². The minimum atomic E-state index is -1.82. The number of nitrogens with one attached hydrogen (secondary N) is 2. The Morgan fingerprint density at radius 2 is 1.64 bits per heavy atom. The number of carbonyl (C=O) groups excluding carboxylic acids is 1. The van der Waals surface area contributed by atoms with E-state index in [9.17, 15) is 4.79 Å². The first-order chi connectivity index (χ1) is 13.3. The molecule has 28 heavy (non-hydrogen) atoms. The number of hydrogen-bond acceptors (Lipinski definition) is 5. The van der Waals surface area contributed by atoms with Crippen molar-refractivity contribution in [1.29, 1.82) is 0 Å². The van der Waals surface area contributed by atoms with Crippen molar-refractivity contribution in [2.24, 2.45) is 5.92 Å². The van der Waals surface area contributed by atoms with E-state index < -0.39 is 11.9 Å². The smallest absolute Gasteiger partial charge is 0.414 e. The third kappa shape index (κ3) is 9.36. The summed E-state index contributed by atoms with van der Waals surface area (Å²) in [6, 6.07) is 8.12. The zero-order valence-corrected chi connectivity index (χ0v) is 16.6. The molecule has 1 heterocycles. The van der Waals surface area contributed by atoms with E-state index in [2.05, 4.69) is 35.4 Å². The van der Waals surface area contributed by atoms with Crippen LogP contribution in [0.1, 0.15) is 39.5 Å². The summed E-state index contributed by atoms with van der Waals surface area (Å²) in [5.41, 5.74) is 2.08. The van der Waals surface area contributed by atoms with Crippen LogP contribution < -0.4 is 15.5 Å². The normalized spacial score (nSPS) is 13.5. The van der Waals surface area contributed by atoms with Crippen LogP contribution >= 0.6 is 0 Å². The van der Waals surface area contributed by atoms with Gasteiger partial charge in [0.1, 0.15) is 0 Å². The summed E-state index contributed by atoms with van der Waals surface area (Å²) in [5, 5.41) is 21.0. The SMILES string of the molecule is CC(C)CCNCC(=O)Nc1ccccc1N1CCCCC1.O=C(O)C(=O)O. The maximum Gasteiger partial charge on any atom is 0.414 e. The van der Waals surface area contributed by atoms with Crippen LogP contribution in [0.5, 0.6) is 0 Å². The number of anilines is 2. The second kappa shape index (κ2) is 12.7. The number of aliphatic carboxylic acids is 2. The average molecular weight is 393 g/mol. The first-order valence-corrected chi connectivity index (χ1v) is 9.62. The molecule has 1 saturated heterocycles. The van der Waals surface area contributed by atoms with Gasteiger partial charge < -0.3 is 25.7 Å². The molecule has 156 valence electrons. The van der Waals surface area contributed by atoms with Crippen LogP contribution in [0.15, 0.2) is 24.3 Å².